The molecule has 0 amide bonds. The van der Waals surface area contributed by atoms with Crippen LogP contribution in [0.1, 0.15) is 23.5 Å². The van der Waals surface area contributed by atoms with E-state index in [-0.39, 0.29) is 5.92 Å². The van der Waals surface area contributed by atoms with Crippen LogP contribution in [0.25, 0.3) is 71.3 Å². The van der Waals surface area contributed by atoms with Crippen molar-refractivity contribution in [1.29, 1.82) is 0 Å². The van der Waals surface area contributed by atoms with Gasteiger partial charge in [-0.05, 0) is 107 Å². The predicted octanol–water partition coefficient (Wildman–Crippen LogP) is 13.7. The van der Waals surface area contributed by atoms with E-state index < -0.39 is 0 Å². The first-order valence-electron chi connectivity index (χ1n) is 17.2. The van der Waals surface area contributed by atoms with Crippen molar-refractivity contribution in [3.63, 3.8) is 0 Å². The number of benzene rings is 8. The first kappa shape index (κ1) is 29.7. The highest BCUT2D eigenvalue weighted by Crippen LogP contribution is 2.47. The summed E-state index contributed by atoms with van der Waals surface area (Å²) in [4.78, 5) is 11.6. The summed E-state index contributed by atoms with van der Waals surface area (Å²) >= 11 is 0. The van der Waals surface area contributed by atoms with Gasteiger partial charge in [0, 0.05) is 11.5 Å². The molecule has 8 aromatic rings. The van der Waals surface area contributed by atoms with E-state index in [1.54, 1.807) is 6.07 Å². The third kappa shape index (κ3) is 5.14. The summed E-state index contributed by atoms with van der Waals surface area (Å²) in [5.41, 5.74) is 11.0. The van der Waals surface area contributed by atoms with Crippen molar-refractivity contribution in [2.24, 2.45) is 5.18 Å². The largest absolute Gasteiger partial charge is 0.145 e. The zero-order valence-corrected chi connectivity index (χ0v) is 27.5. The van der Waals surface area contributed by atoms with Gasteiger partial charge in [0.25, 0.3) is 0 Å². The van der Waals surface area contributed by atoms with Crippen LogP contribution in [0.3, 0.4) is 0 Å². The number of hydrogen-bond donors (Lipinski definition) is 0. The van der Waals surface area contributed by atoms with Crippen LogP contribution in [0, 0.1) is 4.91 Å². The molecule has 1 aliphatic rings. The summed E-state index contributed by atoms with van der Waals surface area (Å²) in [6, 6.07) is 58.5. The lowest BCUT2D eigenvalue weighted by molar-refractivity contribution is 0.857. The molecule has 0 saturated carbocycles. The summed E-state index contributed by atoms with van der Waals surface area (Å²) in [6.07, 6.45) is 7.50. The molecule has 1 atom stereocenters. The number of nitrogens with zero attached hydrogens (tertiary/aromatic N) is 1. The minimum Gasteiger partial charge on any atom is -0.145 e. The third-order valence-electron chi connectivity index (χ3n) is 10.2. The standard InChI is InChI=1S/C48H33NO/c50-49-46-27-11-10-22-40(46)36-19-12-17-33(28-36)34-18-13-20-37(29-34)47-41-23-6-8-25-43(41)48(44-26-9-7-24-42(44)47)45-31-38(32-14-2-1-3-15-32)30-35-16-4-5-21-39(35)45/h1-16,18-31,33H,17H2. The highest BCUT2D eigenvalue weighted by Gasteiger charge is 2.20. The number of allylic oxidation sites excluding steroid dienone is 4. The molecule has 2 heteroatoms. The van der Waals surface area contributed by atoms with Crippen LogP contribution in [0.4, 0.5) is 5.69 Å². The Bertz CT molecular complexity index is 2590. The molecule has 2 nitrogen and oxygen atoms in total. The van der Waals surface area contributed by atoms with E-state index in [0.717, 1.165) is 17.6 Å². The molecular weight excluding hydrogens is 607 g/mol. The summed E-state index contributed by atoms with van der Waals surface area (Å²) in [5.74, 6) is 0.179. The first-order chi connectivity index (χ1) is 24.8. The fourth-order valence-electron chi connectivity index (χ4n) is 7.86. The molecule has 50 heavy (non-hydrogen) atoms. The monoisotopic (exact) mass is 639 g/mol. The summed E-state index contributed by atoms with van der Waals surface area (Å²) in [6.45, 7) is 0. The molecule has 9 rings (SSSR count). The second kappa shape index (κ2) is 12.6. The molecule has 0 saturated heterocycles. The van der Waals surface area contributed by atoms with Gasteiger partial charge < -0.3 is 0 Å². The van der Waals surface area contributed by atoms with Gasteiger partial charge in [-0.2, -0.15) is 0 Å². The van der Waals surface area contributed by atoms with Crippen LogP contribution in [0.15, 0.2) is 187 Å². The molecule has 0 fully saturated rings. The van der Waals surface area contributed by atoms with Crippen molar-refractivity contribution in [3.8, 4) is 33.4 Å². The lowest BCUT2D eigenvalue weighted by Crippen LogP contribution is -2.00. The maximum atomic E-state index is 11.6. The van der Waals surface area contributed by atoms with Crippen molar-refractivity contribution in [2.45, 2.75) is 12.3 Å². The Hall–Kier alpha value is -6.38. The van der Waals surface area contributed by atoms with Gasteiger partial charge in [-0.1, -0.05) is 164 Å². The molecule has 0 heterocycles. The van der Waals surface area contributed by atoms with Gasteiger partial charge in [-0.15, -0.1) is 4.91 Å². The second-order valence-electron chi connectivity index (χ2n) is 13.1. The predicted molar refractivity (Wildman–Crippen MR) is 212 cm³/mol. The van der Waals surface area contributed by atoms with E-state index in [2.05, 4.69) is 163 Å². The Morgan fingerprint density at radius 3 is 1.84 bits per heavy atom. The molecule has 1 unspecified atom stereocenters. The molecule has 236 valence electrons. The van der Waals surface area contributed by atoms with E-state index >= 15 is 0 Å². The molecule has 8 aromatic carbocycles. The number of fused-ring (bicyclic) bond motifs is 3. The Kier molecular flexibility index (Phi) is 7.48. The highest BCUT2D eigenvalue weighted by atomic mass is 16.3. The SMILES string of the molecule is O=Nc1ccccc1C1=CC(c2cccc(-c3c4ccccc4c(-c4cc(-c5ccccc5)cc5ccccc45)c4ccccc34)c2)CC=C1. The average molecular weight is 640 g/mol. The van der Waals surface area contributed by atoms with Crippen LogP contribution < -0.4 is 0 Å². The molecule has 0 aliphatic heterocycles. The zero-order valence-electron chi connectivity index (χ0n) is 27.5. The number of hydrogen-bond acceptors (Lipinski definition) is 2. The Morgan fingerprint density at radius 1 is 0.480 bits per heavy atom. The van der Waals surface area contributed by atoms with Crippen LogP contribution in [0.5, 0.6) is 0 Å². The lowest BCUT2D eigenvalue weighted by Gasteiger charge is -2.21. The molecule has 0 bridgehead atoms. The quantitative estimate of drug-likeness (QED) is 0.131. The Labute approximate surface area is 291 Å². The minimum atomic E-state index is 0.179. The van der Waals surface area contributed by atoms with Crippen molar-refractivity contribution in [3.05, 3.63) is 198 Å². The number of nitroso groups, excluding NO2 is 1. The van der Waals surface area contributed by atoms with E-state index in [0.29, 0.717) is 5.69 Å². The fourth-order valence-corrected chi connectivity index (χ4v) is 7.86. The highest BCUT2D eigenvalue weighted by molar-refractivity contribution is 6.23. The van der Waals surface area contributed by atoms with E-state index in [4.69, 9.17) is 0 Å². The normalized spacial score (nSPS) is 14.2. The molecular formula is C48H33NO. The Morgan fingerprint density at radius 2 is 1.10 bits per heavy atom. The van der Waals surface area contributed by atoms with E-state index in [9.17, 15) is 4.91 Å². The van der Waals surface area contributed by atoms with Crippen molar-refractivity contribution >= 4 is 43.6 Å². The van der Waals surface area contributed by atoms with E-state index in [1.165, 1.54) is 71.3 Å². The molecule has 0 aromatic heterocycles. The molecule has 0 spiro atoms. The van der Waals surface area contributed by atoms with Crippen LogP contribution in [-0.4, -0.2) is 0 Å². The first-order valence-corrected chi connectivity index (χ1v) is 17.2. The van der Waals surface area contributed by atoms with Gasteiger partial charge in [0.1, 0.15) is 5.69 Å². The lowest BCUT2D eigenvalue weighted by atomic mass is 9.82. The molecule has 0 N–H and O–H groups in total. The summed E-state index contributed by atoms with van der Waals surface area (Å²) < 4.78 is 0. The summed E-state index contributed by atoms with van der Waals surface area (Å²) in [7, 11) is 0. The third-order valence-corrected chi connectivity index (χ3v) is 10.2. The number of rotatable bonds is 6. The van der Waals surface area contributed by atoms with Crippen LogP contribution >= 0.6 is 0 Å². The fraction of sp³-hybridized carbons (Fsp3) is 0.0417. The average Bonchev–Trinajstić information content (AvgIpc) is 3.20. The maximum Gasteiger partial charge on any atom is 0.115 e. The van der Waals surface area contributed by atoms with Gasteiger partial charge in [0.2, 0.25) is 0 Å². The maximum absolute atomic E-state index is 11.6. The molecule has 1 aliphatic carbocycles. The summed E-state index contributed by atoms with van der Waals surface area (Å²) in [5, 5.41) is 10.7. The molecule has 0 radical (unpaired) electrons. The second-order valence-corrected chi connectivity index (χ2v) is 13.1. The van der Waals surface area contributed by atoms with Crippen LogP contribution in [-0.2, 0) is 0 Å². The van der Waals surface area contributed by atoms with Gasteiger partial charge in [0.15, 0.2) is 0 Å². The van der Waals surface area contributed by atoms with Crippen molar-refractivity contribution in [2.75, 3.05) is 0 Å². The topological polar surface area (TPSA) is 29.4 Å². The smallest absolute Gasteiger partial charge is 0.115 e. The van der Waals surface area contributed by atoms with Gasteiger partial charge in [-0.25, -0.2) is 0 Å². The van der Waals surface area contributed by atoms with Gasteiger partial charge >= 0.3 is 0 Å². The Balaban J connectivity index is 1.26. The van der Waals surface area contributed by atoms with Gasteiger partial charge in [0.05, 0.1) is 0 Å². The zero-order chi connectivity index (χ0) is 33.4. The van der Waals surface area contributed by atoms with Crippen molar-refractivity contribution < 1.29 is 0 Å². The minimum absolute atomic E-state index is 0.179. The van der Waals surface area contributed by atoms with Crippen molar-refractivity contribution in [1.82, 2.24) is 0 Å². The van der Waals surface area contributed by atoms with Gasteiger partial charge in [-0.3, -0.25) is 0 Å². The van der Waals surface area contributed by atoms with E-state index in [1.807, 2.05) is 18.2 Å². The van der Waals surface area contributed by atoms with Crippen LogP contribution in [0.2, 0.25) is 0 Å².